The third-order valence-corrected chi connectivity index (χ3v) is 6.94. The Balaban J connectivity index is 1.37. The molecule has 1 fully saturated rings. The molecule has 0 saturated heterocycles. The maximum atomic E-state index is 12.9. The third-order valence-electron chi connectivity index (χ3n) is 5.59. The first-order valence-corrected chi connectivity index (χ1v) is 11.7. The van der Waals surface area contributed by atoms with Crippen molar-refractivity contribution >= 4 is 46.8 Å². The SMILES string of the molecule is O=C(CSCc1ccccc1Cl)Nc1ccc2c(c1)C(=O)N(C1CCCCC1)C2=O. The predicted molar refractivity (Wildman–Crippen MR) is 120 cm³/mol. The summed E-state index contributed by atoms with van der Waals surface area (Å²) < 4.78 is 0. The standard InChI is InChI=1S/C23H23ClN2O3S/c24-20-9-5-4-6-15(20)13-30-14-21(27)25-16-10-11-18-19(12-16)23(29)26(22(18)28)17-7-2-1-3-8-17/h4-6,9-12,17H,1-3,7-8,13-14H2,(H,25,27). The molecule has 0 bridgehead atoms. The van der Waals surface area contributed by atoms with Crippen molar-refractivity contribution in [3.05, 3.63) is 64.2 Å². The number of thioether (sulfide) groups is 1. The van der Waals surface area contributed by atoms with Gasteiger partial charge in [0.2, 0.25) is 5.91 Å². The highest BCUT2D eigenvalue weighted by molar-refractivity contribution is 7.99. The van der Waals surface area contributed by atoms with E-state index in [1.54, 1.807) is 18.2 Å². The first-order chi connectivity index (χ1) is 14.5. The number of nitrogens with one attached hydrogen (secondary N) is 1. The Kier molecular flexibility index (Phi) is 6.44. The lowest BCUT2D eigenvalue weighted by Gasteiger charge is -2.29. The zero-order valence-electron chi connectivity index (χ0n) is 16.5. The Morgan fingerprint density at radius 2 is 1.77 bits per heavy atom. The van der Waals surface area contributed by atoms with E-state index < -0.39 is 0 Å². The molecule has 3 amide bonds. The van der Waals surface area contributed by atoms with Crippen molar-refractivity contribution in [2.75, 3.05) is 11.1 Å². The van der Waals surface area contributed by atoms with Gasteiger partial charge in [-0.05, 0) is 42.7 Å². The summed E-state index contributed by atoms with van der Waals surface area (Å²) in [7, 11) is 0. The van der Waals surface area contributed by atoms with Crippen molar-refractivity contribution in [3.8, 4) is 0 Å². The minimum atomic E-state index is -0.244. The van der Waals surface area contributed by atoms with Gasteiger partial charge in [0.15, 0.2) is 0 Å². The van der Waals surface area contributed by atoms with Crippen molar-refractivity contribution in [1.82, 2.24) is 4.90 Å². The summed E-state index contributed by atoms with van der Waals surface area (Å²) in [5.41, 5.74) is 2.33. The van der Waals surface area contributed by atoms with Crippen LogP contribution in [-0.2, 0) is 10.5 Å². The van der Waals surface area contributed by atoms with E-state index in [0.717, 1.165) is 37.7 Å². The fraction of sp³-hybridized carbons (Fsp3) is 0.348. The van der Waals surface area contributed by atoms with Gasteiger partial charge >= 0.3 is 0 Å². The number of imide groups is 1. The van der Waals surface area contributed by atoms with Crippen LogP contribution in [-0.4, -0.2) is 34.4 Å². The summed E-state index contributed by atoms with van der Waals surface area (Å²) in [6.07, 6.45) is 5.00. The van der Waals surface area contributed by atoms with E-state index in [-0.39, 0.29) is 29.5 Å². The molecule has 0 radical (unpaired) electrons. The lowest BCUT2D eigenvalue weighted by molar-refractivity contribution is -0.113. The van der Waals surface area contributed by atoms with Crippen LogP contribution in [0.1, 0.15) is 58.4 Å². The average molecular weight is 443 g/mol. The van der Waals surface area contributed by atoms with Gasteiger partial charge in [0.1, 0.15) is 0 Å². The lowest BCUT2D eigenvalue weighted by Crippen LogP contribution is -2.40. The second kappa shape index (κ2) is 9.23. The van der Waals surface area contributed by atoms with Gasteiger partial charge in [-0.3, -0.25) is 19.3 Å². The molecule has 30 heavy (non-hydrogen) atoms. The number of amides is 3. The number of hydrogen-bond acceptors (Lipinski definition) is 4. The number of benzene rings is 2. The topological polar surface area (TPSA) is 66.5 Å². The molecule has 1 aliphatic carbocycles. The summed E-state index contributed by atoms with van der Waals surface area (Å²) in [5, 5.41) is 3.52. The number of fused-ring (bicyclic) bond motifs is 1. The van der Waals surface area contributed by atoms with E-state index >= 15 is 0 Å². The molecule has 2 aliphatic rings. The Morgan fingerprint density at radius 3 is 2.53 bits per heavy atom. The van der Waals surface area contributed by atoms with E-state index in [9.17, 15) is 14.4 Å². The fourth-order valence-corrected chi connectivity index (χ4v) is 5.19. The Labute approximate surface area is 185 Å². The molecule has 1 aliphatic heterocycles. The van der Waals surface area contributed by atoms with Crippen LogP contribution in [0, 0.1) is 0 Å². The molecule has 156 valence electrons. The Morgan fingerprint density at radius 1 is 1.03 bits per heavy atom. The minimum Gasteiger partial charge on any atom is -0.325 e. The predicted octanol–water partition coefficient (Wildman–Crippen LogP) is 5.14. The second-order valence-electron chi connectivity index (χ2n) is 7.66. The molecular weight excluding hydrogens is 420 g/mol. The molecule has 7 heteroatoms. The van der Waals surface area contributed by atoms with Crippen molar-refractivity contribution in [1.29, 1.82) is 0 Å². The summed E-state index contributed by atoms with van der Waals surface area (Å²) in [5.74, 6) is 0.290. The summed E-state index contributed by atoms with van der Waals surface area (Å²) >= 11 is 7.61. The zero-order chi connectivity index (χ0) is 21.1. The molecule has 5 nitrogen and oxygen atoms in total. The van der Waals surface area contributed by atoms with Crippen LogP contribution in [0.5, 0.6) is 0 Å². The van der Waals surface area contributed by atoms with Crippen molar-refractivity contribution in [2.24, 2.45) is 0 Å². The smallest absolute Gasteiger partial charge is 0.261 e. The highest BCUT2D eigenvalue weighted by Crippen LogP contribution is 2.32. The van der Waals surface area contributed by atoms with Crippen LogP contribution in [0.25, 0.3) is 0 Å². The average Bonchev–Trinajstić information content (AvgIpc) is 3.00. The number of carbonyl (C=O) groups excluding carboxylic acids is 3. The molecule has 0 atom stereocenters. The number of halogens is 1. The van der Waals surface area contributed by atoms with Crippen molar-refractivity contribution in [2.45, 2.75) is 43.9 Å². The van der Waals surface area contributed by atoms with Gasteiger partial charge in [0, 0.05) is 22.5 Å². The van der Waals surface area contributed by atoms with E-state index in [4.69, 9.17) is 11.6 Å². The van der Waals surface area contributed by atoms with Crippen molar-refractivity contribution in [3.63, 3.8) is 0 Å². The summed E-state index contributed by atoms with van der Waals surface area (Å²) in [6.45, 7) is 0. The van der Waals surface area contributed by atoms with Gasteiger partial charge in [0.05, 0.1) is 16.9 Å². The quantitative estimate of drug-likeness (QED) is 0.629. The Bertz CT molecular complexity index is 988. The first kappa shape index (κ1) is 20.9. The molecule has 2 aromatic rings. The maximum absolute atomic E-state index is 12.9. The molecule has 1 heterocycles. The number of carbonyl (C=O) groups is 3. The van der Waals surface area contributed by atoms with Gasteiger partial charge in [-0.1, -0.05) is 49.1 Å². The van der Waals surface area contributed by atoms with Gasteiger partial charge in [-0.25, -0.2) is 0 Å². The molecule has 0 aromatic heterocycles. The fourth-order valence-electron chi connectivity index (χ4n) is 4.07. The normalized spacial score (nSPS) is 16.6. The summed E-state index contributed by atoms with van der Waals surface area (Å²) in [4.78, 5) is 39.4. The van der Waals surface area contributed by atoms with E-state index in [2.05, 4.69) is 5.32 Å². The van der Waals surface area contributed by atoms with Crippen LogP contribution in [0.2, 0.25) is 5.02 Å². The molecule has 0 spiro atoms. The minimum absolute atomic E-state index is 0.00889. The van der Waals surface area contributed by atoms with Gasteiger partial charge in [-0.15, -0.1) is 11.8 Å². The highest BCUT2D eigenvalue weighted by Gasteiger charge is 2.40. The van der Waals surface area contributed by atoms with Gasteiger partial charge < -0.3 is 5.32 Å². The molecule has 1 N–H and O–H groups in total. The number of nitrogens with zero attached hydrogens (tertiary/aromatic N) is 1. The van der Waals surface area contributed by atoms with E-state index in [1.807, 2.05) is 24.3 Å². The summed E-state index contributed by atoms with van der Waals surface area (Å²) in [6, 6.07) is 12.5. The number of rotatable bonds is 6. The van der Waals surface area contributed by atoms with E-state index in [0.29, 0.717) is 27.6 Å². The lowest BCUT2D eigenvalue weighted by atomic mass is 9.94. The zero-order valence-corrected chi connectivity index (χ0v) is 18.1. The molecule has 0 unspecified atom stereocenters. The highest BCUT2D eigenvalue weighted by atomic mass is 35.5. The van der Waals surface area contributed by atoms with Crippen LogP contribution in [0.15, 0.2) is 42.5 Å². The Hall–Kier alpha value is -2.31. The molecule has 1 saturated carbocycles. The van der Waals surface area contributed by atoms with Crippen molar-refractivity contribution < 1.29 is 14.4 Å². The van der Waals surface area contributed by atoms with Crippen LogP contribution < -0.4 is 5.32 Å². The van der Waals surface area contributed by atoms with Gasteiger partial charge in [-0.2, -0.15) is 0 Å². The molecular formula is C23H23ClN2O3S. The monoisotopic (exact) mass is 442 g/mol. The first-order valence-electron chi connectivity index (χ1n) is 10.2. The number of hydrogen-bond donors (Lipinski definition) is 1. The molecule has 2 aromatic carbocycles. The van der Waals surface area contributed by atoms with Crippen LogP contribution >= 0.6 is 23.4 Å². The largest absolute Gasteiger partial charge is 0.325 e. The second-order valence-corrected chi connectivity index (χ2v) is 9.06. The number of anilines is 1. The van der Waals surface area contributed by atoms with Crippen LogP contribution in [0.4, 0.5) is 5.69 Å². The van der Waals surface area contributed by atoms with Crippen LogP contribution in [0.3, 0.4) is 0 Å². The van der Waals surface area contributed by atoms with E-state index in [1.165, 1.54) is 16.7 Å². The van der Waals surface area contributed by atoms with Gasteiger partial charge in [0.25, 0.3) is 11.8 Å². The maximum Gasteiger partial charge on any atom is 0.261 e. The third kappa shape index (κ3) is 4.40. The molecule has 4 rings (SSSR count).